The first kappa shape index (κ1) is 64.8. The Hall–Kier alpha value is -1.18. The molecular formula is C61H120N2O5. The largest absolute Gasteiger partial charge is 0.465 e. The van der Waals surface area contributed by atoms with Crippen LogP contribution in [0.1, 0.15) is 317 Å². The van der Waals surface area contributed by atoms with Crippen LogP contribution < -0.4 is 0 Å². The van der Waals surface area contributed by atoms with Crippen LogP contribution in [0.5, 0.6) is 0 Å². The zero-order chi connectivity index (χ0) is 49.2. The first-order valence-corrected chi connectivity index (χ1v) is 30.9. The van der Waals surface area contributed by atoms with Crippen molar-refractivity contribution in [2.45, 2.75) is 323 Å². The van der Waals surface area contributed by atoms with E-state index >= 15 is 0 Å². The molecule has 0 saturated carbocycles. The summed E-state index contributed by atoms with van der Waals surface area (Å²) in [5, 5.41) is 0. The summed E-state index contributed by atoms with van der Waals surface area (Å²) in [5.41, 5.74) is 0. The SMILES string of the molecule is CCCCCCCCCCN(C(=O)CCCCN1CCCC1)C(CCCCCCCCOOCC(CCCC)CCCCCC)CCCCCCCCC(=O)OCC(CCCC)CCCCCC. The molecule has 68 heavy (non-hydrogen) atoms. The Bertz CT molecular complexity index is 1050. The van der Waals surface area contributed by atoms with Gasteiger partial charge < -0.3 is 14.5 Å². The van der Waals surface area contributed by atoms with E-state index in [0.717, 1.165) is 71.1 Å². The highest BCUT2D eigenvalue weighted by atomic mass is 17.2. The third kappa shape index (κ3) is 40.4. The van der Waals surface area contributed by atoms with Crippen LogP contribution in [0.4, 0.5) is 0 Å². The number of esters is 1. The Labute approximate surface area is 425 Å². The maximum atomic E-state index is 14.2. The van der Waals surface area contributed by atoms with Gasteiger partial charge in [0.25, 0.3) is 0 Å². The molecule has 0 aromatic rings. The van der Waals surface area contributed by atoms with Gasteiger partial charge in [0, 0.05) is 25.4 Å². The second kappa shape index (κ2) is 50.7. The van der Waals surface area contributed by atoms with Crippen molar-refractivity contribution in [3.63, 3.8) is 0 Å². The molecule has 0 aromatic carbocycles. The topological polar surface area (TPSA) is 68.3 Å². The van der Waals surface area contributed by atoms with Gasteiger partial charge in [-0.3, -0.25) is 9.59 Å². The lowest BCUT2D eigenvalue weighted by Crippen LogP contribution is -2.41. The molecule has 3 unspecified atom stereocenters. The van der Waals surface area contributed by atoms with E-state index in [2.05, 4.69) is 44.4 Å². The van der Waals surface area contributed by atoms with Gasteiger partial charge in [-0.05, 0) is 115 Å². The molecule has 0 radical (unpaired) electrons. The number of rotatable bonds is 54. The standard InChI is InChI=1S/C61H120N2O5/c1-6-11-16-19-20-24-29-37-53-63(60(64)48-36-38-50-62-51-39-40-52-62)59(47-34-27-23-25-30-41-54-67-68-56-58(43-15-10-5)45-32-18-13-8-3)46-33-26-21-22-28-35-49-61(65)66-55-57(42-14-9-4)44-31-17-12-7-2/h57-59H,6-56H2,1-5H3. The molecular weight excluding hydrogens is 841 g/mol. The molecule has 0 spiro atoms. The number of hydrogen-bond acceptors (Lipinski definition) is 6. The molecule has 7 heteroatoms. The second-order valence-corrected chi connectivity index (χ2v) is 21.8. The van der Waals surface area contributed by atoms with Crippen molar-refractivity contribution in [2.75, 3.05) is 46.0 Å². The molecule has 0 aromatic heterocycles. The lowest BCUT2D eigenvalue weighted by molar-refractivity contribution is -0.302. The van der Waals surface area contributed by atoms with Gasteiger partial charge in [0.2, 0.25) is 5.91 Å². The van der Waals surface area contributed by atoms with Crippen molar-refractivity contribution >= 4 is 11.9 Å². The minimum atomic E-state index is 0.00803. The summed E-state index contributed by atoms with van der Waals surface area (Å²) in [7, 11) is 0. The predicted molar refractivity (Wildman–Crippen MR) is 293 cm³/mol. The van der Waals surface area contributed by atoms with Crippen LogP contribution in [-0.2, 0) is 24.1 Å². The number of amides is 1. The monoisotopic (exact) mass is 961 g/mol. The predicted octanol–water partition coefficient (Wildman–Crippen LogP) is 18.5. The van der Waals surface area contributed by atoms with Crippen LogP contribution in [0.2, 0.25) is 0 Å². The summed E-state index contributed by atoms with van der Waals surface area (Å²) in [4.78, 5) is 43.2. The molecule has 1 aliphatic rings. The number of likely N-dealkylation sites (tertiary alicyclic amines) is 1. The Morgan fingerprint density at radius 1 is 0.426 bits per heavy atom. The minimum Gasteiger partial charge on any atom is -0.465 e. The number of hydrogen-bond donors (Lipinski definition) is 0. The molecule has 0 aliphatic carbocycles. The Morgan fingerprint density at radius 2 is 0.853 bits per heavy atom. The smallest absolute Gasteiger partial charge is 0.305 e. The molecule has 1 aliphatic heterocycles. The third-order valence-corrected chi connectivity index (χ3v) is 15.2. The number of carbonyl (C=O) groups excluding carboxylic acids is 2. The van der Waals surface area contributed by atoms with Crippen LogP contribution in [0, 0.1) is 11.8 Å². The van der Waals surface area contributed by atoms with Gasteiger partial charge in [0.15, 0.2) is 0 Å². The van der Waals surface area contributed by atoms with E-state index in [1.54, 1.807) is 0 Å². The van der Waals surface area contributed by atoms with E-state index in [1.165, 1.54) is 231 Å². The van der Waals surface area contributed by atoms with Crippen LogP contribution in [0.3, 0.4) is 0 Å². The van der Waals surface area contributed by atoms with E-state index < -0.39 is 0 Å². The first-order valence-electron chi connectivity index (χ1n) is 30.9. The van der Waals surface area contributed by atoms with E-state index in [9.17, 15) is 9.59 Å². The average molecular weight is 962 g/mol. The van der Waals surface area contributed by atoms with E-state index in [1.807, 2.05) is 0 Å². The van der Waals surface area contributed by atoms with E-state index in [0.29, 0.717) is 49.8 Å². The fourth-order valence-electron chi connectivity index (χ4n) is 10.6. The number of carbonyl (C=O) groups is 2. The highest BCUT2D eigenvalue weighted by Crippen LogP contribution is 2.24. The van der Waals surface area contributed by atoms with Gasteiger partial charge in [-0.2, -0.15) is 0 Å². The van der Waals surface area contributed by atoms with E-state index in [-0.39, 0.29) is 5.97 Å². The number of unbranched alkanes of at least 4 members (excludes halogenated alkanes) is 26. The molecule has 1 fully saturated rings. The van der Waals surface area contributed by atoms with Gasteiger partial charge in [-0.25, -0.2) is 9.78 Å². The molecule has 1 rings (SSSR count). The molecule has 1 saturated heterocycles. The lowest BCUT2D eigenvalue weighted by Gasteiger charge is -2.33. The van der Waals surface area contributed by atoms with Gasteiger partial charge in [0.1, 0.15) is 0 Å². The fourth-order valence-corrected chi connectivity index (χ4v) is 10.6. The Morgan fingerprint density at radius 3 is 1.41 bits per heavy atom. The maximum absolute atomic E-state index is 14.2. The van der Waals surface area contributed by atoms with Gasteiger partial charge in [-0.1, -0.05) is 221 Å². The van der Waals surface area contributed by atoms with Crippen LogP contribution in [0.25, 0.3) is 0 Å². The Kier molecular flexibility index (Phi) is 48.4. The summed E-state index contributed by atoms with van der Waals surface area (Å²) < 4.78 is 5.81. The summed E-state index contributed by atoms with van der Waals surface area (Å²) in [6, 6.07) is 0.367. The number of ether oxygens (including phenoxy) is 1. The Balaban J connectivity index is 2.64. The van der Waals surface area contributed by atoms with Crippen molar-refractivity contribution < 1.29 is 24.1 Å². The highest BCUT2D eigenvalue weighted by Gasteiger charge is 2.23. The summed E-state index contributed by atoms with van der Waals surface area (Å²) in [6.07, 6.45) is 53.3. The quantitative estimate of drug-likeness (QED) is 0.0262. The second-order valence-electron chi connectivity index (χ2n) is 21.8. The number of nitrogens with zero attached hydrogens (tertiary/aromatic N) is 2. The van der Waals surface area contributed by atoms with Crippen molar-refractivity contribution in [2.24, 2.45) is 11.8 Å². The van der Waals surface area contributed by atoms with Gasteiger partial charge >= 0.3 is 5.97 Å². The van der Waals surface area contributed by atoms with Crippen molar-refractivity contribution in [3.05, 3.63) is 0 Å². The first-order chi connectivity index (χ1) is 33.5. The van der Waals surface area contributed by atoms with Crippen LogP contribution >= 0.6 is 0 Å². The molecule has 1 amide bonds. The van der Waals surface area contributed by atoms with E-state index in [4.69, 9.17) is 14.5 Å². The molecule has 0 N–H and O–H groups in total. The molecule has 0 bridgehead atoms. The van der Waals surface area contributed by atoms with Crippen molar-refractivity contribution in [1.82, 2.24) is 9.80 Å². The summed E-state index contributed by atoms with van der Waals surface area (Å²) in [6.45, 7) is 18.0. The molecule has 7 nitrogen and oxygen atoms in total. The minimum absolute atomic E-state index is 0.00803. The van der Waals surface area contributed by atoms with Crippen LogP contribution in [0.15, 0.2) is 0 Å². The zero-order valence-corrected chi connectivity index (χ0v) is 46.7. The summed E-state index contributed by atoms with van der Waals surface area (Å²) >= 11 is 0. The third-order valence-electron chi connectivity index (χ3n) is 15.2. The molecule has 3 atom stereocenters. The molecule has 1 heterocycles. The molecule has 404 valence electrons. The van der Waals surface area contributed by atoms with Gasteiger partial charge in [-0.15, -0.1) is 0 Å². The van der Waals surface area contributed by atoms with Crippen LogP contribution in [-0.4, -0.2) is 73.7 Å². The lowest BCUT2D eigenvalue weighted by atomic mass is 9.96. The fraction of sp³-hybridized carbons (Fsp3) is 0.967. The normalized spacial score (nSPS) is 14.4. The van der Waals surface area contributed by atoms with Crippen molar-refractivity contribution in [3.8, 4) is 0 Å². The zero-order valence-electron chi connectivity index (χ0n) is 46.7. The summed E-state index contributed by atoms with van der Waals surface area (Å²) in [5.74, 6) is 1.60. The van der Waals surface area contributed by atoms with Gasteiger partial charge in [0.05, 0.1) is 19.8 Å². The average Bonchev–Trinajstić information content (AvgIpc) is 3.87. The maximum Gasteiger partial charge on any atom is 0.305 e. The van der Waals surface area contributed by atoms with Crippen molar-refractivity contribution in [1.29, 1.82) is 0 Å². The highest BCUT2D eigenvalue weighted by molar-refractivity contribution is 5.76.